The van der Waals surface area contributed by atoms with Crippen molar-refractivity contribution in [1.82, 2.24) is 10.3 Å². The summed E-state index contributed by atoms with van der Waals surface area (Å²) in [4.78, 5) is 15.7. The number of amides is 1. The average molecular weight is 207 g/mol. The Morgan fingerprint density at radius 3 is 2.87 bits per heavy atom. The van der Waals surface area contributed by atoms with Gasteiger partial charge in [0.1, 0.15) is 0 Å². The van der Waals surface area contributed by atoms with Gasteiger partial charge in [0.2, 0.25) is 5.91 Å². The molecule has 0 fully saturated rings. The summed E-state index contributed by atoms with van der Waals surface area (Å²) in [6, 6.07) is 5.08. The predicted molar refractivity (Wildman–Crippen MR) is 59.1 cm³/mol. The van der Waals surface area contributed by atoms with Gasteiger partial charge < -0.3 is 11.1 Å². The van der Waals surface area contributed by atoms with Gasteiger partial charge >= 0.3 is 0 Å². The molecule has 0 radical (unpaired) electrons. The van der Waals surface area contributed by atoms with Gasteiger partial charge in [0.25, 0.3) is 0 Å². The minimum atomic E-state index is -0.434. The lowest BCUT2D eigenvalue weighted by molar-refractivity contribution is -0.123. The van der Waals surface area contributed by atoms with Crippen molar-refractivity contribution in [2.75, 3.05) is 0 Å². The van der Waals surface area contributed by atoms with Crippen LogP contribution in [0.4, 0.5) is 0 Å². The number of hydrogen-bond donors (Lipinski definition) is 2. The van der Waals surface area contributed by atoms with Gasteiger partial charge in [0, 0.05) is 6.20 Å². The minimum absolute atomic E-state index is 0.101. The number of nitrogens with zero attached hydrogens (tertiary/aromatic N) is 1. The summed E-state index contributed by atoms with van der Waals surface area (Å²) in [5, 5.41) is 2.82. The zero-order chi connectivity index (χ0) is 11.3. The van der Waals surface area contributed by atoms with Crippen LogP contribution < -0.4 is 11.1 Å². The van der Waals surface area contributed by atoms with E-state index in [4.69, 9.17) is 5.73 Å². The lowest BCUT2D eigenvalue weighted by Gasteiger charge is -2.15. The van der Waals surface area contributed by atoms with Crippen molar-refractivity contribution in [3.8, 4) is 0 Å². The van der Waals surface area contributed by atoms with Crippen molar-refractivity contribution >= 4 is 5.91 Å². The van der Waals surface area contributed by atoms with E-state index in [2.05, 4.69) is 10.3 Å². The summed E-state index contributed by atoms with van der Waals surface area (Å²) in [6.07, 6.45) is 2.35. The van der Waals surface area contributed by atoms with E-state index < -0.39 is 6.04 Å². The van der Waals surface area contributed by atoms with E-state index in [9.17, 15) is 4.79 Å². The number of carbonyl (C=O) groups is 1. The standard InChI is InChI=1S/C11H17N3O/c1-3-9(12)11(15)14-8(2)10-6-4-5-7-13-10/h4-9H,3,12H2,1-2H3,(H,14,15)/t8-,9+/m0/s1. The number of aromatic nitrogens is 1. The second kappa shape index (κ2) is 5.46. The molecule has 0 aliphatic heterocycles. The fourth-order valence-corrected chi connectivity index (χ4v) is 1.21. The third kappa shape index (κ3) is 3.32. The van der Waals surface area contributed by atoms with Crippen LogP contribution in [0.3, 0.4) is 0 Å². The summed E-state index contributed by atoms with van der Waals surface area (Å²) in [6.45, 7) is 3.78. The number of rotatable bonds is 4. The highest BCUT2D eigenvalue weighted by Gasteiger charge is 2.14. The number of carbonyl (C=O) groups excluding carboxylic acids is 1. The lowest BCUT2D eigenvalue weighted by Crippen LogP contribution is -2.41. The van der Waals surface area contributed by atoms with Gasteiger partial charge in [0.15, 0.2) is 0 Å². The molecule has 2 atom stereocenters. The van der Waals surface area contributed by atoms with Crippen LogP contribution >= 0.6 is 0 Å². The van der Waals surface area contributed by atoms with Crippen LogP contribution in [-0.4, -0.2) is 16.9 Å². The Morgan fingerprint density at radius 2 is 2.33 bits per heavy atom. The van der Waals surface area contributed by atoms with Crippen molar-refractivity contribution < 1.29 is 4.79 Å². The topological polar surface area (TPSA) is 68.0 Å². The van der Waals surface area contributed by atoms with Gasteiger partial charge in [-0.1, -0.05) is 13.0 Å². The Kier molecular flexibility index (Phi) is 4.24. The molecule has 4 heteroatoms. The fourth-order valence-electron chi connectivity index (χ4n) is 1.21. The average Bonchev–Trinajstić information content (AvgIpc) is 2.29. The first-order valence-electron chi connectivity index (χ1n) is 5.12. The van der Waals surface area contributed by atoms with Crippen LogP contribution in [-0.2, 0) is 4.79 Å². The molecule has 0 saturated carbocycles. The van der Waals surface area contributed by atoms with E-state index in [0.29, 0.717) is 6.42 Å². The normalized spacial score (nSPS) is 14.3. The molecule has 1 aromatic heterocycles. The van der Waals surface area contributed by atoms with E-state index in [1.807, 2.05) is 32.0 Å². The van der Waals surface area contributed by atoms with Crippen LogP contribution in [0, 0.1) is 0 Å². The Bertz CT molecular complexity index is 313. The molecule has 82 valence electrons. The molecule has 0 unspecified atom stereocenters. The maximum Gasteiger partial charge on any atom is 0.237 e. The number of nitrogens with two attached hydrogens (primary N) is 1. The van der Waals surface area contributed by atoms with Crippen LogP contribution in [0.2, 0.25) is 0 Å². The first kappa shape index (κ1) is 11.7. The quantitative estimate of drug-likeness (QED) is 0.773. The van der Waals surface area contributed by atoms with E-state index in [1.165, 1.54) is 0 Å². The van der Waals surface area contributed by atoms with Gasteiger partial charge in [-0.05, 0) is 25.5 Å². The Hall–Kier alpha value is -1.42. The molecule has 0 aliphatic carbocycles. The van der Waals surface area contributed by atoms with Gasteiger partial charge in [-0.2, -0.15) is 0 Å². The number of nitrogens with one attached hydrogen (secondary N) is 1. The number of pyridine rings is 1. The molecule has 0 saturated heterocycles. The monoisotopic (exact) mass is 207 g/mol. The largest absolute Gasteiger partial charge is 0.347 e. The highest BCUT2D eigenvalue weighted by Crippen LogP contribution is 2.07. The summed E-state index contributed by atoms with van der Waals surface area (Å²) >= 11 is 0. The molecule has 1 rings (SSSR count). The minimum Gasteiger partial charge on any atom is -0.347 e. The molecule has 1 heterocycles. The summed E-state index contributed by atoms with van der Waals surface area (Å²) < 4.78 is 0. The van der Waals surface area contributed by atoms with E-state index in [-0.39, 0.29) is 11.9 Å². The van der Waals surface area contributed by atoms with Gasteiger partial charge in [-0.3, -0.25) is 9.78 Å². The molecule has 1 aromatic rings. The van der Waals surface area contributed by atoms with Gasteiger partial charge in [-0.15, -0.1) is 0 Å². The highest BCUT2D eigenvalue weighted by molar-refractivity contribution is 5.81. The van der Waals surface area contributed by atoms with Crippen molar-refractivity contribution in [1.29, 1.82) is 0 Å². The smallest absolute Gasteiger partial charge is 0.237 e. The van der Waals surface area contributed by atoms with E-state index in [1.54, 1.807) is 6.20 Å². The third-order valence-electron chi connectivity index (χ3n) is 2.27. The fraction of sp³-hybridized carbons (Fsp3) is 0.455. The zero-order valence-electron chi connectivity index (χ0n) is 9.10. The van der Waals surface area contributed by atoms with Crippen molar-refractivity contribution in [2.45, 2.75) is 32.4 Å². The van der Waals surface area contributed by atoms with Crippen molar-refractivity contribution in [3.63, 3.8) is 0 Å². The molecule has 3 N–H and O–H groups in total. The van der Waals surface area contributed by atoms with Gasteiger partial charge in [0.05, 0.1) is 17.8 Å². The second-order valence-corrected chi connectivity index (χ2v) is 3.50. The van der Waals surface area contributed by atoms with Crippen molar-refractivity contribution in [3.05, 3.63) is 30.1 Å². The SMILES string of the molecule is CC[C@@H](N)C(=O)N[C@@H](C)c1ccccn1. The predicted octanol–water partition coefficient (Wildman–Crippen LogP) is 0.996. The molecular weight excluding hydrogens is 190 g/mol. The Balaban J connectivity index is 2.56. The molecular formula is C11H17N3O. The molecule has 0 spiro atoms. The molecule has 0 bridgehead atoms. The van der Waals surface area contributed by atoms with Crippen molar-refractivity contribution in [2.24, 2.45) is 5.73 Å². The molecule has 15 heavy (non-hydrogen) atoms. The molecule has 1 amide bonds. The second-order valence-electron chi connectivity index (χ2n) is 3.50. The van der Waals surface area contributed by atoms with Crippen LogP contribution in [0.1, 0.15) is 32.0 Å². The summed E-state index contributed by atoms with van der Waals surface area (Å²) in [7, 11) is 0. The van der Waals surface area contributed by atoms with E-state index in [0.717, 1.165) is 5.69 Å². The first-order valence-corrected chi connectivity index (χ1v) is 5.12. The van der Waals surface area contributed by atoms with E-state index >= 15 is 0 Å². The Morgan fingerprint density at radius 1 is 1.60 bits per heavy atom. The van der Waals surface area contributed by atoms with Crippen LogP contribution in [0.25, 0.3) is 0 Å². The Labute approximate surface area is 89.9 Å². The van der Waals surface area contributed by atoms with Crippen LogP contribution in [0.5, 0.6) is 0 Å². The highest BCUT2D eigenvalue weighted by atomic mass is 16.2. The first-order chi connectivity index (χ1) is 7.15. The summed E-state index contributed by atoms with van der Waals surface area (Å²) in [5.74, 6) is -0.129. The van der Waals surface area contributed by atoms with Crippen LogP contribution in [0.15, 0.2) is 24.4 Å². The number of hydrogen-bond acceptors (Lipinski definition) is 3. The molecule has 0 aliphatic rings. The zero-order valence-corrected chi connectivity index (χ0v) is 9.10. The maximum atomic E-state index is 11.5. The summed E-state index contributed by atoms with van der Waals surface area (Å²) in [5.41, 5.74) is 6.45. The third-order valence-corrected chi connectivity index (χ3v) is 2.27. The maximum absolute atomic E-state index is 11.5. The molecule has 0 aromatic carbocycles. The molecule has 4 nitrogen and oxygen atoms in total. The lowest BCUT2D eigenvalue weighted by atomic mass is 10.2. The van der Waals surface area contributed by atoms with Gasteiger partial charge in [-0.25, -0.2) is 0 Å².